The monoisotopic (exact) mass is 301 g/mol. The van der Waals surface area contributed by atoms with E-state index in [1.165, 1.54) is 11.3 Å². The van der Waals surface area contributed by atoms with E-state index < -0.39 is 0 Å². The fourth-order valence-corrected chi connectivity index (χ4v) is 2.36. The Morgan fingerprint density at radius 3 is 2.65 bits per heavy atom. The van der Waals surface area contributed by atoms with Crippen LogP contribution in [0.4, 0.5) is 5.69 Å². The van der Waals surface area contributed by atoms with E-state index in [1.54, 1.807) is 6.07 Å². The average Bonchev–Trinajstić information content (AvgIpc) is 2.95. The lowest BCUT2D eigenvalue weighted by atomic mass is 10.1. The highest BCUT2D eigenvalue weighted by Gasteiger charge is 2.08. The van der Waals surface area contributed by atoms with Gasteiger partial charge in [-0.15, -0.1) is 11.3 Å². The van der Waals surface area contributed by atoms with Crippen LogP contribution in [0.5, 0.6) is 0 Å². The fraction of sp³-hybridized carbons (Fsp3) is 0.0714. The number of nitriles is 1. The molecule has 0 bridgehead atoms. The molecule has 0 fully saturated rings. The largest absolute Gasteiger partial charge is 0.332 e. The summed E-state index contributed by atoms with van der Waals surface area (Å²) in [6.45, 7) is 0. The Labute approximate surface area is 126 Å². The summed E-state index contributed by atoms with van der Waals surface area (Å²) in [4.78, 5) is 12.4. The summed E-state index contributed by atoms with van der Waals surface area (Å²) in [5, 5.41) is 16.2. The van der Waals surface area contributed by atoms with Crippen LogP contribution in [0, 0.1) is 11.3 Å². The molecule has 2 N–H and O–H groups in total. The van der Waals surface area contributed by atoms with Gasteiger partial charge in [0.2, 0.25) is 0 Å². The lowest BCUT2D eigenvalue weighted by Gasteiger charge is -2.09. The first-order valence-corrected chi connectivity index (χ1v) is 7.09. The molecule has 0 aliphatic rings. The second kappa shape index (κ2) is 6.80. The molecule has 1 amide bonds. The standard InChI is InChI=1S/C14H11N3OS2/c15-8-7-10-3-5-11(6-4-10)16-14(19)17-13(18)12-2-1-9-20-12/h1-6,9H,7H2,(H2,16,17,18,19). The molecule has 100 valence electrons. The second-order valence-electron chi connectivity index (χ2n) is 3.92. The summed E-state index contributed by atoms with van der Waals surface area (Å²) in [7, 11) is 0. The number of carbonyl (C=O) groups is 1. The molecule has 0 atom stereocenters. The van der Waals surface area contributed by atoms with Gasteiger partial charge in [-0.25, -0.2) is 0 Å². The summed E-state index contributed by atoms with van der Waals surface area (Å²) in [6, 6.07) is 12.9. The number of nitrogens with one attached hydrogen (secondary N) is 2. The van der Waals surface area contributed by atoms with Crippen LogP contribution in [0.2, 0.25) is 0 Å². The molecule has 0 radical (unpaired) electrons. The average molecular weight is 301 g/mol. The number of rotatable bonds is 3. The van der Waals surface area contributed by atoms with Crippen LogP contribution >= 0.6 is 23.6 Å². The minimum Gasteiger partial charge on any atom is -0.332 e. The maximum atomic E-state index is 11.8. The third-order valence-electron chi connectivity index (χ3n) is 2.47. The van der Waals surface area contributed by atoms with Gasteiger partial charge in [0.25, 0.3) is 5.91 Å². The van der Waals surface area contributed by atoms with Gasteiger partial charge in [0.05, 0.1) is 17.4 Å². The van der Waals surface area contributed by atoms with E-state index in [0.717, 1.165) is 11.3 Å². The van der Waals surface area contributed by atoms with Gasteiger partial charge in [0.15, 0.2) is 5.11 Å². The Morgan fingerprint density at radius 2 is 2.05 bits per heavy atom. The summed E-state index contributed by atoms with van der Waals surface area (Å²) in [5.41, 5.74) is 1.70. The third kappa shape index (κ3) is 3.88. The molecule has 0 saturated carbocycles. The highest BCUT2D eigenvalue weighted by Crippen LogP contribution is 2.11. The van der Waals surface area contributed by atoms with Crippen LogP contribution in [-0.2, 0) is 6.42 Å². The van der Waals surface area contributed by atoms with Crippen molar-refractivity contribution in [1.29, 1.82) is 5.26 Å². The van der Waals surface area contributed by atoms with Crippen molar-refractivity contribution in [3.8, 4) is 6.07 Å². The second-order valence-corrected chi connectivity index (χ2v) is 5.27. The molecular formula is C14H11N3OS2. The van der Waals surface area contributed by atoms with Crippen molar-refractivity contribution in [1.82, 2.24) is 5.32 Å². The van der Waals surface area contributed by atoms with Crippen molar-refractivity contribution < 1.29 is 4.79 Å². The first kappa shape index (κ1) is 14.2. The SMILES string of the molecule is N#CCc1ccc(NC(=S)NC(=O)c2cccs2)cc1. The first-order valence-electron chi connectivity index (χ1n) is 5.81. The van der Waals surface area contributed by atoms with Gasteiger partial charge >= 0.3 is 0 Å². The molecule has 0 aliphatic carbocycles. The molecule has 20 heavy (non-hydrogen) atoms. The Bertz CT molecular complexity index is 642. The van der Waals surface area contributed by atoms with Gasteiger partial charge in [0, 0.05) is 5.69 Å². The van der Waals surface area contributed by atoms with Gasteiger partial charge in [-0.3, -0.25) is 10.1 Å². The summed E-state index contributed by atoms with van der Waals surface area (Å²) < 4.78 is 0. The van der Waals surface area contributed by atoms with Crippen LogP contribution in [0.3, 0.4) is 0 Å². The molecule has 2 aromatic rings. The van der Waals surface area contributed by atoms with E-state index in [-0.39, 0.29) is 11.0 Å². The van der Waals surface area contributed by atoms with Crippen LogP contribution in [0.15, 0.2) is 41.8 Å². The van der Waals surface area contributed by atoms with E-state index in [0.29, 0.717) is 11.3 Å². The van der Waals surface area contributed by atoms with E-state index in [9.17, 15) is 4.79 Å². The van der Waals surface area contributed by atoms with E-state index in [1.807, 2.05) is 35.7 Å². The lowest BCUT2D eigenvalue weighted by molar-refractivity contribution is 0.0981. The fourth-order valence-electron chi connectivity index (χ4n) is 1.53. The normalized spacial score (nSPS) is 9.55. The van der Waals surface area contributed by atoms with Crippen LogP contribution in [0.1, 0.15) is 15.2 Å². The van der Waals surface area contributed by atoms with Crippen molar-refractivity contribution in [2.75, 3.05) is 5.32 Å². The summed E-state index contributed by atoms with van der Waals surface area (Å²) in [5.74, 6) is -0.224. The number of amides is 1. The zero-order valence-electron chi connectivity index (χ0n) is 10.4. The molecule has 1 aromatic heterocycles. The Kier molecular flexibility index (Phi) is 4.82. The van der Waals surface area contributed by atoms with Crippen LogP contribution in [-0.4, -0.2) is 11.0 Å². The zero-order valence-corrected chi connectivity index (χ0v) is 12.1. The summed E-state index contributed by atoms with van der Waals surface area (Å²) in [6.07, 6.45) is 0.375. The number of hydrogen-bond donors (Lipinski definition) is 2. The molecule has 1 heterocycles. The Morgan fingerprint density at radius 1 is 1.30 bits per heavy atom. The van der Waals surface area contributed by atoms with Gasteiger partial charge in [-0.2, -0.15) is 5.26 Å². The first-order chi connectivity index (χ1) is 9.69. The van der Waals surface area contributed by atoms with E-state index >= 15 is 0 Å². The number of benzene rings is 1. The van der Waals surface area contributed by atoms with Crippen molar-refractivity contribution in [2.45, 2.75) is 6.42 Å². The van der Waals surface area contributed by atoms with E-state index in [2.05, 4.69) is 16.7 Å². The topological polar surface area (TPSA) is 64.9 Å². The van der Waals surface area contributed by atoms with E-state index in [4.69, 9.17) is 17.5 Å². The molecule has 4 nitrogen and oxygen atoms in total. The van der Waals surface area contributed by atoms with Crippen molar-refractivity contribution in [3.05, 3.63) is 52.2 Å². The summed E-state index contributed by atoms with van der Waals surface area (Å²) >= 11 is 6.44. The van der Waals surface area contributed by atoms with Gasteiger partial charge in [0.1, 0.15) is 0 Å². The maximum Gasteiger partial charge on any atom is 0.267 e. The molecule has 0 aliphatic heterocycles. The molecule has 2 rings (SSSR count). The van der Waals surface area contributed by atoms with Crippen LogP contribution in [0.25, 0.3) is 0 Å². The quantitative estimate of drug-likeness (QED) is 0.856. The van der Waals surface area contributed by atoms with Crippen molar-refractivity contribution >= 4 is 40.3 Å². The predicted molar refractivity (Wildman–Crippen MR) is 83.8 cm³/mol. The van der Waals surface area contributed by atoms with Gasteiger partial charge in [-0.05, 0) is 41.4 Å². The zero-order chi connectivity index (χ0) is 14.4. The number of carbonyl (C=O) groups excluding carboxylic acids is 1. The molecule has 6 heteroatoms. The smallest absolute Gasteiger partial charge is 0.267 e. The minimum absolute atomic E-state index is 0.224. The molecule has 1 aromatic carbocycles. The number of anilines is 1. The van der Waals surface area contributed by atoms with Gasteiger partial charge < -0.3 is 5.32 Å². The van der Waals surface area contributed by atoms with Crippen molar-refractivity contribution in [3.63, 3.8) is 0 Å². The number of thiophene rings is 1. The number of nitrogens with zero attached hydrogens (tertiary/aromatic N) is 1. The minimum atomic E-state index is -0.224. The highest BCUT2D eigenvalue weighted by molar-refractivity contribution is 7.80. The predicted octanol–water partition coefficient (Wildman–Crippen LogP) is 2.94. The number of hydrogen-bond acceptors (Lipinski definition) is 4. The lowest BCUT2D eigenvalue weighted by Crippen LogP contribution is -2.33. The highest BCUT2D eigenvalue weighted by atomic mass is 32.1. The van der Waals surface area contributed by atoms with Crippen LogP contribution < -0.4 is 10.6 Å². The molecule has 0 spiro atoms. The number of thiocarbonyl (C=S) groups is 1. The Balaban J connectivity index is 1.91. The Hall–Kier alpha value is -2.23. The molecule has 0 saturated heterocycles. The molecule has 0 unspecified atom stereocenters. The third-order valence-corrected chi connectivity index (χ3v) is 3.54. The van der Waals surface area contributed by atoms with Gasteiger partial charge in [-0.1, -0.05) is 18.2 Å². The maximum absolute atomic E-state index is 11.8. The molecular weight excluding hydrogens is 290 g/mol. The van der Waals surface area contributed by atoms with Crippen molar-refractivity contribution in [2.24, 2.45) is 0 Å².